The summed E-state index contributed by atoms with van der Waals surface area (Å²) in [6.07, 6.45) is 8.81. The summed E-state index contributed by atoms with van der Waals surface area (Å²) < 4.78 is 1.75. The lowest BCUT2D eigenvalue weighted by Gasteiger charge is -2.43. The van der Waals surface area contributed by atoms with Crippen LogP contribution >= 0.6 is 0 Å². The number of nitrogens with zero attached hydrogens (tertiary/aromatic N) is 3. The molecule has 1 aliphatic rings. The summed E-state index contributed by atoms with van der Waals surface area (Å²) in [6, 6.07) is 0. The molecule has 0 amide bonds. The molecule has 2 N–H and O–H groups in total. The molecule has 1 saturated carbocycles. The van der Waals surface area contributed by atoms with Gasteiger partial charge in [-0.15, -0.1) is 5.10 Å². The van der Waals surface area contributed by atoms with Gasteiger partial charge in [0.05, 0.1) is 5.69 Å². The number of aromatic nitrogens is 3. The summed E-state index contributed by atoms with van der Waals surface area (Å²) in [5.41, 5.74) is 7.98. The summed E-state index contributed by atoms with van der Waals surface area (Å²) in [5, 5.41) is 8.16. The smallest absolute Gasteiger partial charge is 0.0845 e. The van der Waals surface area contributed by atoms with E-state index in [9.17, 15) is 0 Å². The minimum Gasteiger partial charge on any atom is -0.325 e. The highest BCUT2D eigenvalue weighted by Crippen LogP contribution is 2.43. The van der Waals surface area contributed by atoms with Crippen molar-refractivity contribution < 1.29 is 0 Å². The molecule has 1 fully saturated rings. The summed E-state index contributed by atoms with van der Waals surface area (Å²) in [7, 11) is 1.90. The van der Waals surface area contributed by atoms with Crippen LogP contribution in [0.3, 0.4) is 0 Å². The Morgan fingerprint density at radius 3 is 2.53 bits per heavy atom. The Morgan fingerprint density at radius 1 is 1.42 bits per heavy atom. The number of rotatable bonds is 4. The van der Waals surface area contributed by atoms with Crippen LogP contribution in [0.1, 0.15) is 58.6 Å². The molecule has 19 heavy (non-hydrogen) atoms. The average molecular weight is 264 g/mol. The average Bonchev–Trinajstić information content (AvgIpc) is 2.74. The van der Waals surface area contributed by atoms with Gasteiger partial charge in [0, 0.05) is 25.2 Å². The standard InChI is InChI=1S/C15H28N4/c1-5-14(2,3)12-6-8-15(16,9-7-12)10-13-11-19(4)18-17-13/h11-12H,5-10,16H2,1-4H3. The van der Waals surface area contributed by atoms with E-state index in [2.05, 4.69) is 31.1 Å². The molecule has 1 aromatic rings. The molecule has 4 heteroatoms. The minimum absolute atomic E-state index is 0.0731. The highest BCUT2D eigenvalue weighted by molar-refractivity contribution is 5.04. The fourth-order valence-corrected chi connectivity index (χ4v) is 3.28. The van der Waals surface area contributed by atoms with Gasteiger partial charge in [-0.05, 0) is 37.0 Å². The predicted octanol–water partition coefficient (Wildman–Crippen LogP) is 2.68. The van der Waals surface area contributed by atoms with E-state index in [0.29, 0.717) is 5.41 Å². The quantitative estimate of drug-likeness (QED) is 0.909. The fraction of sp³-hybridized carbons (Fsp3) is 0.867. The zero-order valence-electron chi connectivity index (χ0n) is 12.8. The van der Waals surface area contributed by atoms with Crippen LogP contribution in [-0.2, 0) is 13.5 Å². The maximum absolute atomic E-state index is 6.57. The maximum Gasteiger partial charge on any atom is 0.0845 e. The van der Waals surface area contributed by atoms with Gasteiger partial charge in [0.1, 0.15) is 0 Å². The van der Waals surface area contributed by atoms with E-state index in [4.69, 9.17) is 5.73 Å². The molecule has 1 aliphatic carbocycles. The first kappa shape index (κ1) is 14.5. The van der Waals surface area contributed by atoms with Crippen LogP contribution in [0.5, 0.6) is 0 Å². The van der Waals surface area contributed by atoms with E-state index >= 15 is 0 Å². The molecular formula is C15H28N4. The summed E-state index contributed by atoms with van der Waals surface area (Å²) >= 11 is 0. The fourth-order valence-electron chi connectivity index (χ4n) is 3.28. The molecule has 0 aliphatic heterocycles. The van der Waals surface area contributed by atoms with Gasteiger partial charge in [-0.1, -0.05) is 32.4 Å². The van der Waals surface area contributed by atoms with Crippen molar-refractivity contribution >= 4 is 0 Å². The van der Waals surface area contributed by atoms with Crippen molar-refractivity contribution in [2.75, 3.05) is 0 Å². The molecule has 0 unspecified atom stereocenters. The minimum atomic E-state index is -0.0731. The molecule has 0 saturated heterocycles. The van der Waals surface area contributed by atoms with E-state index in [-0.39, 0.29) is 5.54 Å². The van der Waals surface area contributed by atoms with E-state index in [1.165, 1.54) is 19.3 Å². The first-order valence-corrected chi connectivity index (χ1v) is 7.49. The van der Waals surface area contributed by atoms with Crippen molar-refractivity contribution in [2.24, 2.45) is 24.1 Å². The van der Waals surface area contributed by atoms with Crippen LogP contribution in [0.15, 0.2) is 6.20 Å². The normalized spacial score (nSPS) is 28.6. The molecule has 0 aromatic carbocycles. The molecule has 108 valence electrons. The van der Waals surface area contributed by atoms with Crippen molar-refractivity contribution in [3.63, 3.8) is 0 Å². The number of nitrogens with two attached hydrogens (primary N) is 1. The second-order valence-electron chi connectivity index (χ2n) is 7.04. The lowest BCUT2D eigenvalue weighted by Crippen LogP contribution is -2.47. The van der Waals surface area contributed by atoms with Crippen LogP contribution in [0, 0.1) is 11.3 Å². The van der Waals surface area contributed by atoms with Gasteiger partial charge in [0.2, 0.25) is 0 Å². The van der Waals surface area contributed by atoms with E-state index < -0.39 is 0 Å². The number of hydrogen-bond donors (Lipinski definition) is 1. The zero-order chi connectivity index (χ0) is 14.1. The molecule has 0 radical (unpaired) electrons. The number of aryl methyl sites for hydroxylation is 1. The first-order valence-electron chi connectivity index (χ1n) is 7.49. The topological polar surface area (TPSA) is 56.7 Å². The second kappa shape index (κ2) is 5.23. The third-order valence-corrected chi connectivity index (χ3v) is 5.18. The van der Waals surface area contributed by atoms with Crippen molar-refractivity contribution in [3.05, 3.63) is 11.9 Å². The zero-order valence-corrected chi connectivity index (χ0v) is 12.8. The van der Waals surface area contributed by atoms with Gasteiger partial charge in [0.15, 0.2) is 0 Å². The number of hydrogen-bond acceptors (Lipinski definition) is 3. The third-order valence-electron chi connectivity index (χ3n) is 5.18. The highest BCUT2D eigenvalue weighted by atomic mass is 15.4. The predicted molar refractivity (Wildman–Crippen MR) is 77.7 cm³/mol. The van der Waals surface area contributed by atoms with Crippen LogP contribution in [-0.4, -0.2) is 20.5 Å². The maximum atomic E-state index is 6.57. The van der Waals surface area contributed by atoms with Gasteiger partial charge in [-0.3, -0.25) is 4.68 Å². The Kier molecular flexibility index (Phi) is 4.00. The molecule has 1 aromatic heterocycles. The lowest BCUT2D eigenvalue weighted by molar-refractivity contribution is 0.115. The van der Waals surface area contributed by atoms with Crippen molar-refractivity contribution in [2.45, 2.75) is 64.8 Å². The van der Waals surface area contributed by atoms with Crippen LogP contribution in [0.2, 0.25) is 0 Å². The molecule has 0 atom stereocenters. The van der Waals surface area contributed by atoms with E-state index in [0.717, 1.165) is 30.9 Å². The van der Waals surface area contributed by atoms with Crippen LogP contribution in [0.25, 0.3) is 0 Å². The van der Waals surface area contributed by atoms with Gasteiger partial charge < -0.3 is 5.73 Å². The van der Waals surface area contributed by atoms with E-state index in [1.807, 2.05) is 13.2 Å². The van der Waals surface area contributed by atoms with Crippen molar-refractivity contribution in [1.82, 2.24) is 15.0 Å². The molecule has 0 bridgehead atoms. The molecule has 0 spiro atoms. The Bertz CT molecular complexity index is 414. The highest BCUT2D eigenvalue weighted by Gasteiger charge is 2.37. The van der Waals surface area contributed by atoms with E-state index in [1.54, 1.807) is 4.68 Å². The molecule has 4 nitrogen and oxygen atoms in total. The Labute approximate surface area is 116 Å². The summed E-state index contributed by atoms with van der Waals surface area (Å²) in [4.78, 5) is 0. The first-order chi connectivity index (χ1) is 8.85. The molecule has 2 rings (SSSR count). The van der Waals surface area contributed by atoms with Gasteiger partial charge in [-0.2, -0.15) is 0 Å². The summed E-state index contributed by atoms with van der Waals surface area (Å²) in [6.45, 7) is 7.08. The van der Waals surface area contributed by atoms with Crippen LogP contribution < -0.4 is 5.73 Å². The monoisotopic (exact) mass is 264 g/mol. The van der Waals surface area contributed by atoms with Gasteiger partial charge in [-0.25, -0.2) is 0 Å². The lowest BCUT2D eigenvalue weighted by atomic mass is 9.65. The Morgan fingerprint density at radius 2 is 2.05 bits per heavy atom. The second-order valence-corrected chi connectivity index (χ2v) is 7.04. The third kappa shape index (κ3) is 3.35. The molecular weight excluding hydrogens is 236 g/mol. The molecule has 1 heterocycles. The van der Waals surface area contributed by atoms with Gasteiger partial charge in [0.25, 0.3) is 0 Å². The van der Waals surface area contributed by atoms with Crippen LogP contribution in [0.4, 0.5) is 0 Å². The van der Waals surface area contributed by atoms with Crippen molar-refractivity contribution in [3.8, 4) is 0 Å². The SMILES string of the molecule is CCC(C)(C)C1CCC(N)(Cc2cn(C)nn2)CC1. The van der Waals surface area contributed by atoms with Gasteiger partial charge >= 0.3 is 0 Å². The Balaban J connectivity index is 1.94. The summed E-state index contributed by atoms with van der Waals surface area (Å²) in [5.74, 6) is 0.816. The van der Waals surface area contributed by atoms with Crippen molar-refractivity contribution in [1.29, 1.82) is 0 Å². The largest absolute Gasteiger partial charge is 0.325 e. The Hall–Kier alpha value is -0.900.